The van der Waals surface area contributed by atoms with Crippen molar-refractivity contribution in [3.63, 3.8) is 0 Å². The molecule has 1 aromatic heterocycles. The summed E-state index contributed by atoms with van der Waals surface area (Å²) in [6.45, 7) is 3.93. The molecular formula is C17H22BrNO3S2. The Balaban J connectivity index is 2.29. The summed E-state index contributed by atoms with van der Waals surface area (Å²) in [6, 6.07) is 12.4. The normalized spacial score (nSPS) is 14.7. The van der Waals surface area contributed by atoms with Gasteiger partial charge in [-0.25, -0.2) is 13.1 Å². The van der Waals surface area contributed by atoms with E-state index < -0.39 is 16.1 Å². The molecule has 4 nitrogen and oxygen atoms in total. The molecule has 0 aliphatic rings. The van der Waals surface area contributed by atoms with Crippen LogP contribution in [0.1, 0.15) is 31.7 Å². The van der Waals surface area contributed by atoms with E-state index >= 15 is 0 Å². The molecule has 0 amide bonds. The summed E-state index contributed by atoms with van der Waals surface area (Å²) in [5.41, 5.74) is 1.03. The molecule has 0 spiro atoms. The van der Waals surface area contributed by atoms with Crippen molar-refractivity contribution in [2.45, 2.75) is 36.4 Å². The Morgan fingerprint density at radius 1 is 1.17 bits per heavy atom. The van der Waals surface area contributed by atoms with Crippen LogP contribution in [0.4, 0.5) is 0 Å². The fourth-order valence-corrected chi connectivity index (χ4v) is 5.98. The van der Waals surface area contributed by atoms with Crippen LogP contribution in [-0.4, -0.2) is 26.2 Å². The summed E-state index contributed by atoms with van der Waals surface area (Å²) in [5, 5.41) is 9.85. The number of aliphatic hydroxyl groups is 1. The molecule has 2 atom stereocenters. The van der Waals surface area contributed by atoms with E-state index in [2.05, 4.69) is 34.5 Å². The highest BCUT2D eigenvalue weighted by Crippen LogP contribution is 2.30. The molecule has 0 saturated heterocycles. The first-order valence-corrected chi connectivity index (χ1v) is 10.9. The minimum atomic E-state index is -3.66. The maximum Gasteiger partial charge on any atom is 0.250 e. The fraction of sp³-hybridized carbons (Fsp3) is 0.412. The highest BCUT2D eigenvalue weighted by Gasteiger charge is 2.29. The van der Waals surface area contributed by atoms with E-state index in [0.717, 1.165) is 27.1 Å². The van der Waals surface area contributed by atoms with Crippen molar-refractivity contribution in [3.05, 3.63) is 51.8 Å². The van der Waals surface area contributed by atoms with Gasteiger partial charge in [0.25, 0.3) is 0 Å². The van der Waals surface area contributed by atoms with Crippen LogP contribution in [0.25, 0.3) is 0 Å². The minimum absolute atomic E-state index is 0.0885. The summed E-state index contributed by atoms with van der Waals surface area (Å²) in [7, 11) is -3.66. The Labute approximate surface area is 156 Å². The zero-order valence-corrected chi connectivity index (χ0v) is 16.9. The number of benzene rings is 1. The van der Waals surface area contributed by atoms with Crippen molar-refractivity contribution in [2.75, 3.05) is 6.61 Å². The molecule has 0 aliphatic carbocycles. The molecule has 0 aliphatic heterocycles. The van der Waals surface area contributed by atoms with Gasteiger partial charge >= 0.3 is 0 Å². The van der Waals surface area contributed by atoms with E-state index in [1.807, 2.05) is 30.3 Å². The van der Waals surface area contributed by atoms with Gasteiger partial charge in [-0.05, 0) is 46.0 Å². The molecule has 0 radical (unpaired) electrons. The molecule has 1 heterocycles. The Kier molecular flexibility index (Phi) is 7.00. The van der Waals surface area contributed by atoms with Gasteiger partial charge in [0.05, 0.1) is 16.4 Å². The second-order valence-corrected chi connectivity index (χ2v) is 10.5. The van der Waals surface area contributed by atoms with E-state index in [0.29, 0.717) is 5.92 Å². The lowest BCUT2D eigenvalue weighted by Crippen LogP contribution is -2.42. The third kappa shape index (κ3) is 5.13. The molecule has 2 N–H and O–H groups in total. The molecule has 0 bridgehead atoms. The Hall–Kier alpha value is -0.730. The second-order valence-electron chi connectivity index (χ2n) is 6.12. The number of thiophene rings is 1. The highest BCUT2D eigenvalue weighted by atomic mass is 79.9. The highest BCUT2D eigenvalue weighted by molar-refractivity contribution is 9.11. The van der Waals surface area contributed by atoms with Gasteiger partial charge < -0.3 is 5.11 Å². The quantitative estimate of drug-likeness (QED) is 0.663. The standard InChI is InChI=1S/C17H22BrNO3S2/c1-12(2)10-14(13-6-4-3-5-7-13)15(11-20)19-24(21,22)17-9-8-16(18)23-17/h3-9,12,14-15,19-20H,10-11H2,1-2H3/t14-,15+/m1/s1. The number of nitrogens with one attached hydrogen (secondary N) is 1. The SMILES string of the molecule is CC(C)C[C@H](c1ccccc1)[C@H](CO)NS(=O)(=O)c1ccc(Br)s1. The largest absolute Gasteiger partial charge is 0.395 e. The van der Waals surface area contributed by atoms with Crippen molar-refractivity contribution in [2.24, 2.45) is 5.92 Å². The van der Waals surface area contributed by atoms with Gasteiger partial charge in [0.2, 0.25) is 10.0 Å². The van der Waals surface area contributed by atoms with Crippen LogP contribution in [0.3, 0.4) is 0 Å². The first-order valence-electron chi connectivity index (χ1n) is 7.77. The average molecular weight is 432 g/mol. The number of sulfonamides is 1. The summed E-state index contributed by atoms with van der Waals surface area (Å²) >= 11 is 4.44. The van der Waals surface area contributed by atoms with Gasteiger partial charge in [-0.15, -0.1) is 11.3 Å². The molecule has 1 aromatic carbocycles. The van der Waals surface area contributed by atoms with E-state index in [1.54, 1.807) is 12.1 Å². The molecule has 0 unspecified atom stereocenters. The lowest BCUT2D eigenvalue weighted by Gasteiger charge is -2.28. The second kappa shape index (κ2) is 8.58. The van der Waals surface area contributed by atoms with Crippen LogP contribution in [0.15, 0.2) is 50.5 Å². The molecular weight excluding hydrogens is 410 g/mol. The first kappa shape index (κ1) is 19.6. The number of hydrogen-bond donors (Lipinski definition) is 2. The van der Waals surface area contributed by atoms with Crippen molar-refractivity contribution < 1.29 is 13.5 Å². The molecule has 0 saturated carbocycles. The monoisotopic (exact) mass is 431 g/mol. The predicted molar refractivity (Wildman–Crippen MR) is 102 cm³/mol. The lowest BCUT2D eigenvalue weighted by atomic mass is 9.85. The van der Waals surface area contributed by atoms with Gasteiger partial charge in [0.15, 0.2) is 0 Å². The van der Waals surface area contributed by atoms with Crippen LogP contribution in [0.5, 0.6) is 0 Å². The fourth-order valence-electron chi connectivity index (χ4n) is 2.69. The molecule has 2 rings (SSSR count). The van der Waals surface area contributed by atoms with E-state index in [9.17, 15) is 13.5 Å². The average Bonchev–Trinajstić information content (AvgIpc) is 2.99. The number of hydrogen-bond acceptors (Lipinski definition) is 4. The van der Waals surface area contributed by atoms with Gasteiger partial charge in [-0.3, -0.25) is 0 Å². The maximum absolute atomic E-state index is 12.6. The van der Waals surface area contributed by atoms with Crippen molar-refractivity contribution in [1.29, 1.82) is 0 Å². The molecule has 2 aromatic rings. The van der Waals surface area contributed by atoms with Crippen LogP contribution >= 0.6 is 27.3 Å². The van der Waals surface area contributed by atoms with Gasteiger partial charge in [-0.2, -0.15) is 0 Å². The van der Waals surface area contributed by atoms with Gasteiger partial charge in [0.1, 0.15) is 4.21 Å². The summed E-state index contributed by atoms with van der Waals surface area (Å²) in [5.74, 6) is 0.291. The first-order chi connectivity index (χ1) is 11.3. The number of aliphatic hydroxyl groups excluding tert-OH is 1. The number of halogens is 1. The Morgan fingerprint density at radius 2 is 1.83 bits per heavy atom. The summed E-state index contributed by atoms with van der Waals surface area (Å²) < 4.78 is 28.9. The third-order valence-electron chi connectivity index (χ3n) is 3.76. The predicted octanol–water partition coefficient (Wildman–Crippen LogP) is 3.98. The van der Waals surface area contributed by atoms with Crippen LogP contribution in [0, 0.1) is 5.92 Å². The molecule has 7 heteroatoms. The van der Waals surface area contributed by atoms with Gasteiger partial charge in [-0.1, -0.05) is 44.2 Å². The van der Waals surface area contributed by atoms with Crippen LogP contribution in [-0.2, 0) is 10.0 Å². The summed E-state index contributed by atoms with van der Waals surface area (Å²) in [6.07, 6.45) is 0.784. The van der Waals surface area contributed by atoms with Crippen molar-refractivity contribution in [1.82, 2.24) is 4.72 Å². The van der Waals surface area contributed by atoms with Crippen molar-refractivity contribution >= 4 is 37.3 Å². The Bertz CT molecular complexity index is 744. The zero-order valence-electron chi connectivity index (χ0n) is 13.6. The maximum atomic E-state index is 12.6. The number of rotatable bonds is 8. The smallest absolute Gasteiger partial charge is 0.250 e. The minimum Gasteiger partial charge on any atom is -0.395 e. The topological polar surface area (TPSA) is 66.4 Å². The van der Waals surface area contributed by atoms with Crippen LogP contribution in [0.2, 0.25) is 0 Å². The van der Waals surface area contributed by atoms with Crippen LogP contribution < -0.4 is 4.72 Å². The molecule has 0 fully saturated rings. The van der Waals surface area contributed by atoms with Crippen molar-refractivity contribution in [3.8, 4) is 0 Å². The van der Waals surface area contributed by atoms with E-state index in [1.165, 1.54) is 0 Å². The zero-order chi connectivity index (χ0) is 17.7. The summed E-state index contributed by atoms with van der Waals surface area (Å²) in [4.78, 5) is 0. The van der Waals surface area contributed by atoms with Gasteiger partial charge in [0, 0.05) is 5.92 Å². The van der Waals surface area contributed by atoms with E-state index in [4.69, 9.17) is 0 Å². The lowest BCUT2D eigenvalue weighted by molar-refractivity contribution is 0.229. The Morgan fingerprint density at radius 3 is 2.33 bits per heavy atom. The third-order valence-corrected chi connectivity index (χ3v) is 7.36. The molecule has 24 heavy (non-hydrogen) atoms. The molecule has 132 valence electrons. The van der Waals surface area contributed by atoms with E-state index in [-0.39, 0.29) is 16.7 Å².